The van der Waals surface area contributed by atoms with Gasteiger partial charge in [0.05, 0.1) is 28.3 Å². The number of piperidine rings is 1. The van der Waals surface area contributed by atoms with E-state index in [1.54, 1.807) is 18.2 Å². The van der Waals surface area contributed by atoms with Crippen molar-refractivity contribution in [2.24, 2.45) is 5.92 Å². The summed E-state index contributed by atoms with van der Waals surface area (Å²) in [7, 11) is 0. The predicted molar refractivity (Wildman–Crippen MR) is 150 cm³/mol. The molecule has 9 heteroatoms. The standard InChI is InChI=1S/C31H37FN4O4/c1-31(2)19-24(12-18-40-31)36-29(38)25-6-3-7-26(27(25)30(36)39)35-13-4-5-21(20-35)28(37)34-16-14-33(15-17-34)23-10-8-22(32)9-11-23/h3,6-11,21,24H,4-5,12-20H2,1-2H3/t21-,24+/m0/s1. The van der Waals surface area contributed by atoms with E-state index in [1.165, 1.54) is 17.0 Å². The SMILES string of the molecule is CC1(C)C[C@H](N2C(=O)c3cccc(N4CCC[C@H](C(=O)N5CCN(c6ccc(F)cc6)CC5)C4)c3C2=O)CCO1. The molecule has 8 nitrogen and oxygen atoms in total. The van der Waals surface area contributed by atoms with Gasteiger partial charge < -0.3 is 19.4 Å². The Labute approximate surface area is 234 Å². The lowest BCUT2D eigenvalue weighted by Gasteiger charge is -2.40. The minimum atomic E-state index is -0.383. The van der Waals surface area contributed by atoms with Gasteiger partial charge in [0.2, 0.25) is 5.91 Å². The van der Waals surface area contributed by atoms with Gasteiger partial charge in [-0.3, -0.25) is 19.3 Å². The Morgan fingerprint density at radius 1 is 0.925 bits per heavy atom. The first-order valence-electron chi connectivity index (χ1n) is 14.4. The van der Waals surface area contributed by atoms with Crippen LogP contribution in [0.15, 0.2) is 42.5 Å². The summed E-state index contributed by atoms with van der Waals surface area (Å²) in [4.78, 5) is 48.5. The second-order valence-corrected chi connectivity index (χ2v) is 12.0. The molecule has 212 valence electrons. The van der Waals surface area contributed by atoms with Gasteiger partial charge in [0.25, 0.3) is 11.8 Å². The van der Waals surface area contributed by atoms with Crippen LogP contribution in [0.2, 0.25) is 0 Å². The highest BCUT2D eigenvalue weighted by molar-refractivity contribution is 6.24. The van der Waals surface area contributed by atoms with Crippen LogP contribution in [-0.2, 0) is 9.53 Å². The summed E-state index contributed by atoms with van der Waals surface area (Å²) >= 11 is 0. The second-order valence-electron chi connectivity index (χ2n) is 12.0. The van der Waals surface area contributed by atoms with E-state index in [2.05, 4.69) is 9.80 Å². The number of piperazine rings is 1. The van der Waals surface area contributed by atoms with Gasteiger partial charge in [-0.1, -0.05) is 6.07 Å². The van der Waals surface area contributed by atoms with Gasteiger partial charge in [-0.2, -0.15) is 0 Å². The molecule has 0 aromatic heterocycles. The Kier molecular flexibility index (Phi) is 7.02. The number of imide groups is 1. The fourth-order valence-corrected chi connectivity index (χ4v) is 6.79. The summed E-state index contributed by atoms with van der Waals surface area (Å²) in [5, 5.41) is 0. The van der Waals surface area contributed by atoms with Crippen molar-refractivity contribution in [3.8, 4) is 0 Å². The smallest absolute Gasteiger partial charge is 0.263 e. The van der Waals surface area contributed by atoms with Gasteiger partial charge in [-0.15, -0.1) is 0 Å². The summed E-state index contributed by atoms with van der Waals surface area (Å²) in [5.74, 6) is -0.738. The van der Waals surface area contributed by atoms with Crippen molar-refractivity contribution in [1.29, 1.82) is 0 Å². The number of nitrogens with zero attached hydrogens (tertiary/aromatic N) is 4. The Bertz CT molecular complexity index is 1300. The zero-order chi connectivity index (χ0) is 28.0. The molecule has 2 aromatic rings. The molecule has 2 atom stereocenters. The molecule has 2 aromatic carbocycles. The normalized spacial score (nSPS) is 24.9. The van der Waals surface area contributed by atoms with Crippen LogP contribution >= 0.6 is 0 Å². The van der Waals surface area contributed by atoms with Crippen molar-refractivity contribution in [3.05, 3.63) is 59.4 Å². The number of hydrogen-bond donors (Lipinski definition) is 0. The first kappa shape index (κ1) is 26.7. The lowest BCUT2D eigenvalue weighted by Crippen LogP contribution is -2.52. The Hall–Kier alpha value is -3.46. The summed E-state index contributed by atoms with van der Waals surface area (Å²) in [6.07, 6.45) is 2.90. The van der Waals surface area contributed by atoms with Crippen molar-refractivity contribution in [2.45, 2.75) is 51.2 Å². The minimum Gasteiger partial charge on any atom is -0.375 e. The largest absolute Gasteiger partial charge is 0.375 e. The number of carbonyl (C=O) groups is 3. The Balaban J connectivity index is 1.14. The molecule has 3 saturated heterocycles. The van der Waals surface area contributed by atoms with Crippen molar-refractivity contribution >= 4 is 29.1 Å². The van der Waals surface area contributed by atoms with E-state index in [-0.39, 0.29) is 41.1 Å². The van der Waals surface area contributed by atoms with Crippen LogP contribution < -0.4 is 9.80 Å². The van der Waals surface area contributed by atoms with Crippen LogP contribution in [0.1, 0.15) is 60.2 Å². The number of ether oxygens (including phenoxy) is 1. The maximum atomic E-state index is 13.7. The van der Waals surface area contributed by atoms with Gasteiger partial charge in [0.15, 0.2) is 0 Å². The third-order valence-corrected chi connectivity index (χ3v) is 8.86. The molecule has 0 radical (unpaired) electrons. The summed E-state index contributed by atoms with van der Waals surface area (Å²) in [5.41, 5.74) is 2.26. The van der Waals surface area contributed by atoms with Crippen molar-refractivity contribution in [2.75, 3.05) is 55.7 Å². The van der Waals surface area contributed by atoms with Crippen LogP contribution in [0.3, 0.4) is 0 Å². The number of fused-ring (bicyclic) bond motifs is 1. The number of amides is 3. The number of anilines is 2. The van der Waals surface area contributed by atoms with Crippen molar-refractivity contribution in [3.63, 3.8) is 0 Å². The molecule has 3 fully saturated rings. The molecule has 6 rings (SSSR count). The summed E-state index contributed by atoms with van der Waals surface area (Å²) < 4.78 is 19.1. The minimum absolute atomic E-state index is 0.143. The molecule has 0 unspecified atom stereocenters. The number of rotatable bonds is 4. The van der Waals surface area contributed by atoms with Gasteiger partial charge in [0, 0.05) is 57.6 Å². The van der Waals surface area contributed by atoms with Crippen molar-refractivity contribution < 1.29 is 23.5 Å². The quantitative estimate of drug-likeness (QED) is 0.539. The highest BCUT2D eigenvalue weighted by Gasteiger charge is 2.45. The first-order valence-corrected chi connectivity index (χ1v) is 14.4. The van der Waals surface area contributed by atoms with Crippen LogP contribution in [0.4, 0.5) is 15.8 Å². The van der Waals surface area contributed by atoms with Gasteiger partial charge in [-0.05, 0) is 75.9 Å². The zero-order valence-electron chi connectivity index (χ0n) is 23.3. The number of benzene rings is 2. The van der Waals surface area contributed by atoms with E-state index < -0.39 is 0 Å². The summed E-state index contributed by atoms with van der Waals surface area (Å²) in [6, 6.07) is 11.8. The maximum Gasteiger partial charge on any atom is 0.263 e. The van der Waals surface area contributed by atoms with E-state index in [0.717, 1.165) is 30.8 Å². The monoisotopic (exact) mass is 548 g/mol. The van der Waals surface area contributed by atoms with E-state index in [0.29, 0.717) is 63.3 Å². The van der Waals surface area contributed by atoms with E-state index in [9.17, 15) is 18.8 Å². The fourth-order valence-electron chi connectivity index (χ4n) is 6.79. The lowest BCUT2D eigenvalue weighted by atomic mass is 9.93. The fraction of sp³-hybridized carbons (Fsp3) is 0.516. The van der Waals surface area contributed by atoms with Crippen LogP contribution in [0.25, 0.3) is 0 Å². The first-order chi connectivity index (χ1) is 19.2. The van der Waals surface area contributed by atoms with Gasteiger partial charge >= 0.3 is 0 Å². The molecule has 40 heavy (non-hydrogen) atoms. The molecule has 0 bridgehead atoms. The molecule has 0 saturated carbocycles. The molecule has 0 N–H and O–H groups in total. The second kappa shape index (κ2) is 10.5. The molecule has 4 aliphatic rings. The number of hydrogen-bond acceptors (Lipinski definition) is 6. The highest BCUT2D eigenvalue weighted by Crippen LogP contribution is 2.38. The van der Waals surface area contributed by atoms with Gasteiger partial charge in [-0.25, -0.2) is 4.39 Å². The topological polar surface area (TPSA) is 73.4 Å². The average molecular weight is 549 g/mol. The third kappa shape index (κ3) is 4.96. The molecular formula is C31H37FN4O4. The van der Waals surface area contributed by atoms with Gasteiger partial charge in [0.1, 0.15) is 5.82 Å². The lowest BCUT2D eigenvalue weighted by molar-refractivity contribution is -0.136. The average Bonchev–Trinajstić information content (AvgIpc) is 3.22. The van der Waals surface area contributed by atoms with Crippen molar-refractivity contribution in [1.82, 2.24) is 9.80 Å². The number of carbonyl (C=O) groups excluding carboxylic acids is 3. The number of halogens is 1. The molecule has 0 aliphatic carbocycles. The zero-order valence-corrected chi connectivity index (χ0v) is 23.3. The molecule has 3 amide bonds. The maximum absolute atomic E-state index is 13.7. The highest BCUT2D eigenvalue weighted by atomic mass is 19.1. The van der Waals surface area contributed by atoms with E-state index in [4.69, 9.17) is 4.74 Å². The molecular weight excluding hydrogens is 511 g/mol. The van der Waals surface area contributed by atoms with Crippen LogP contribution in [0.5, 0.6) is 0 Å². The summed E-state index contributed by atoms with van der Waals surface area (Å²) in [6.45, 7) is 8.43. The van der Waals surface area contributed by atoms with Crippen LogP contribution in [-0.4, -0.2) is 85.0 Å². The Morgan fingerprint density at radius 2 is 1.68 bits per heavy atom. The molecule has 4 aliphatic heterocycles. The molecule has 4 heterocycles. The Morgan fingerprint density at radius 3 is 2.40 bits per heavy atom. The van der Waals surface area contributed by atoms with E-state index >= 15 is 0 Å². The molecule has 0 spiro atoms. The van der Waals surface area contributed by atoms with Crippen LogP contribution in [0, 0.1) is 11.7 Å². The predicted octanol–water partition coefficient (Wildman–Crippen LogP) is 3.94. The third-order valence-electron chi connectivity index (χ3n) is 8.86. The van der Waals surface area contributed by atoms with E-state index in [1.807, 2.05) is 30.9 Å².